The number of hydrogen-bond donors (Lipinski definition) is 2. The highest BCUT2D eigenvalue weighted by atomic mass is 35.5. The summed E-state index contributed by atoms with van der Waals surface area (Å²) in [6.07, 6.45) is 0. The number of carbonyl (C=O) groups is 1. The highest BCUT2D eigenvalue weighted by molar-refractivity contribution is 8.15. The van der Waals surface area contributed by atoms with Crippen LogP contribution in [0.15, 0.2) is 63.1 Å². The first-order valence-corrected chi connectivity index (χ1v) is 10.6. The summed E-state index contributed by atoms with van der Waals surface area (Å²) in [6.45, 7) is 0. The second kappa shape index (κ2) is 9.84. The van der Waals surface area contributed by atoms with Crippen LogP contribution < -0.4 is 16.6 Å². The summed E-state index contributed by atoms with van der Waals surface area (Å²) < 4.78 is 15.1. The fourth-order valence-corrected chi connectivity index (χ4v) is 3.72. The fraction of sp³-hybridized carbons (Fsp3) is 0.143. The van der Waals surface area contributed by atoms with Crippen LogP contribution in [0, 0.1) is 5.82 Å². The Labute approximate surface area is 191 Å². The molecule has 3 aromatic rings. The molecule has 0 aliphatic rings. The molecule has 0 radical (unpaired) electrons. The zero-order chi connectivity index (χ0) is 23.4. The minimum atomic E-state index is -0.751. The lowest BCUT2D eigenvalue weighted by molar-refractivity contribution is -0.113. The average molecular weight is 477 g/mol. The van der Waals surface area contributed by atoms with Crippen molar-refractivity contribution in [3.05, 3.63) is 85.8 Å². The second-order valence-corrected chi connectivity index (χ2v) is 7.99. The summed E-state index contributed by atoms with van der Waals surface area (Å²) in [5.41, 5.74) is -0.883. The van der Waals surface area contributed by atoms with Crippen LogP contribution in [0.4, 0.5) is 15.8 Å². The molecule has 11 heteroatoms. The first kappa shape index (κ1) is 23.3. The normalized spacial score (nSPS) is 11.4. The van der Waals surface area contributed by atoms with Crippen molar-refractivity contribution in [3.8, 4) is 5.88 Å². The van der Waals surface area contributed by atoms with Gasteiger partial charge in [0.15, 0.2) is 0 Å². The molecule has 0 saturated heterocycles. The predicted octanol–water partition coefficient (Wildman–Crippen LogP) is 3.03. The number of aromatic nitrogens is 2. The Kier molecular flexibility index (Phi) is 7.16. The first-order valence-electron chi connectivity index (χ1n) is 9.20. The molecule has 0 aliphatic carbocycles. The SMILES string of the molecule is Cn1c(O)c(C(=Nc2ccccc2)SCC(=O)Nc2ccc(F)c(Cl)c2)c(=O)n(C)c1=O. The molecule has 0 fully saturated rings. The summed E-state index contributed by atoms with van der Waals surface area (Å²) in [5, 5.41) is 13.0. The Balaban J connectivity index is 1.94. The van der Waals surface area contributed by atoms with Crippen LogP contribution in [0.5, 0.6) is 5.88 Å². The number of anilines is 1. The van der Waals surface area contributed by atoms with Crippen LogP contribution in [0.25, 0.3) is 0 Å². The first-order chi connectivity index (χ1) is 15.2. The molecule has 166 valence electrons. The lowest BCUT2D eigenvalue weighted by Gasteiger charge is -2.12. The maximum absolute atomic E-state index is 13.3. The molecule has 32 heavy (non-hydrogen) atoms. The van der Waals surface area contributed by atoms with E-state index in [1.807, 2.05) is 0 Å². The highest BCUT2D eigenvalue weighted by Crippen LogP contribution is 2.24. The van der Waals surface area contributed by atoms with Gasteiger partial charge >= 0.3 is 5.69 Å². The highest BCUT2D eigenvalue weighted by Gasteiger charge is 2.22. The Morgan fingerprint density at radius 3 is 2.50 bits per heavy atom. The zero-order valence-corrected chi connectivity index (χ0v) is 18.6. The van der Waals surface area contributed by atoms with E-state index in [2.05, 4.69) is 10.3 Å². The smallest absolute Gasteiger partial charge is 0.333 e. The van der Waals surface area contributed by atoms with Crippen LogP contribution >= 0.6 is 23.4 Å². The number of benzene rings is 2. The number of hydrogen-bond acceptors (Lipinski definition) is 6. The van der Waals surface area contributed by atoms with Crippen LogP contribution in [-0.4, -0.2) is 30.9 Å². The van der Waals surface area contributed by atoms with Crippen molar-refractivity contribution in [1.82, 2.24) is 9.13 Å². The fourth-order valence-electron chi connectivity index (χ4n) is 2.71. The maximum Gasteiger partial charge on any atom is 0.333 e. The number of aliphatic imine (C=N–C) groups is 1. The summed E-state index contributed by atoms with van der Waals surface area (Å²) in [7, 11) is 2.60. The quantitative estimate of drug-likeness (QED) is 0.435. The molecule has 0 saturated carbocycles. The van der Waals surface area contributed by atoms with E-state index in [1.165, 1.54) is 26.2 Å². The Morgan fingerprint density at radius 1 is 1.16 bits per heavy atom. The van der Waals surface area contributed by atoms with Crippen molar-refractivity contribution >= 4 is 45.7 Å². The van der Waals surface area contributed by atoms with Gasteiger partial charge in [-0.1, -0.05) is 41.6 Å². The topological polar surface area (TPSA) is 106 Å². The van der Waals surface area contributed by atoms with Crippen LogP contribution in [0.3, 0.4) is 0 Å². The van der Waals surface area contributed by atoms with Gasteiger partial charge in [0.05, 0.1) is 16.5 Å². The Morgan fingerprint density at radius 2 is 1.84 bits per heavy atom. The lowest BCUT2D eigenvalue weighted by Crippen LogP contribution is -2.39. The summed E-state index contributed by atoms with van der Waals surface area (Å²) in [4.78, 5) is 41.7. The number of halogens is 2. The number of nitrogens with one attached hydrogen (secondary N) is 1. The number of rotatable bonds is 5. The Hall–Kier alpha value is -3.37. The zero-order valence-electron chi connectivity index (χ0n) is 17.0. The molecule has 0 bridgehead atoms. The number of thioether (sulfide) groups is 1. The van der Waals surface area contributed by atoms with E-state index in [0.717, 1.165) is 27.0 Å². The van der Waals surface area contributed by atoms with Gasteiger partial charge in [0.2, 0.25) is 11.8 Å². The third kappa shape index (κ3) is 5.09. The molecule has 0 aliphatic heterocycles. The minimum Gasteiger partial charge on any atom is -0.494 e. The van der Waals surface area contributed by atoms with Gasteiger partial charge in [-0.2, -0.15) is 0 Å². The van der Waals surface area contributed by atoms with Crippen molar-refractivity contribution in [3.63, 3.8) is 0 Å². The average Bonchev–Trinajstić information content (AvgIpc) is 2.78. The van der Waals surface area contributed by atoms with Gasteiger partial charge in [0.1, 0.15) is 16.4 Å². The second-order valence-electron chi connectivity index (χ2n) is 6.62. The third-order valence-corrected chi connectivity index (χ3v) is 5.64. The molecular formula is C21H18ClFN4O4S. The van der Waals surface area contributed by atoms with Gasteiger partial charge < -0.3 is 10.4 Å². The molecular weight excluding hydrogens is 459 g/mol. The van der Waals surface area contributed by atoms with E-state index in [9.17, 15) is 23.9 Å². The molecule has 0 spiro atoms. The molecule has 1 heterocycles. The molecule has 1 amide bonds. The van der Waals surface area contributed by atoms with Gasteiger partial charge in [0.25, 0.3) is 5.56 Å². The van der Waals surface area contributed by atoms with E-state index < -0.39 is 28.9 Å². The van der Waals surface area contributed by atoms with Gasteiger partial charge in [-0.15, -0.1) is 0 Å². The van der Waals surface area contributed by atoms with E-state index in [4.69, 9.17) is 11.6 Å². The molecule has 2 N–H and O–H groups in total. The Bertz CT molecular complexity index is 1320. The van der Waals surface area contributed by atoms with Crippen molar-refractivity contribution in [2.75, 3.05) is 11.1 Å². The van der Waals surface area contributed by atoms with Gasteiger partial charge in [-0.25, -0.2) is 14.2 Å². The number of aromatic hydroxyl groups is 1. The summed E-state index contributed by atoms with van der Waals surface area (Å²) in [5.74, 6) is -1.84. The predicted molar refractivity (Wildman–Crippen MR) is 124 cm³/mol. The van der Waals surface area contributed by atoms with E-state index >= 15 is 0 Å². The van der Waals surface area contributed by atoms with E-state index in [-0.39, 0.29) is 21.4 Å². The van der Waals surface area contributed by atoms with Gasteiger partial charge in [-0.3, -0.25) is 18.7 Å². The molecule has 0 unspecified atom stereocenters. The molecule has 1 aromatic heterocycles. The number of para-hydroxylation sites is 1. The van der Waals surface area contributed by atoms with Crippen LogP contribution in [0.1, 0.15) is 5.56 Å². The van der Waals surface area contributed by atoms with E-state index in [1.54, 1.807) is 30.3 Å². The third-order valence-electron chi connectivity index (χ3n) is 4.38. The maximum atomic E-state index is 13.3. The van der Waals surface area contributed by atoms with Gasteiger partial charge in [0, 0.05) is 19.8 Å². The van der Waals surface area contributed by atoms with Crippen molar-refractivity contribution in [1.29, 1.82) is 0 Å². The number of carbonyl (C=O) groups excluding carboxylic acids is 1. The largest absolute Gasteiger partial charge is 0.494 e. The molecule has 2 aromatic carbocycles. The van der Waals surface area contributed by atoms with Crippen LogP contribution in [0.2, 0.25) is 5.02 Å². The monoisotopic (exact) mass is 476 g/mol. The molecule has 8 nitrogen and oxygen atoms in total. The van der Waals surface area contributed by atoms with Crippen LogP contribution in [-0.2, 0) is 18.9 Å². The molecule has 0 atom stereocenters. The van der Waals surface area contributed by atoms with Crippen molar-refractivity contribution in [2.24, 2.45) is 19.1 Å². The standard InChI is InChI=1S/C21H18ClFN4O4S/c1-26-19(29)17(20(30)27(2)21(26)31)18(25-12-6-4-3-5-7-12)32-11-16(28)24-13-8-9-15(23)14(22)10-13/h3-10,29H,11H2,1-2H3,(H,24,28). The summed E-state index contributed by atoms with van der Waals surface area (Å²) >= 11 is 6.63. The minimum absolute atomic E-state index is 0.0530. The summed E-state index contributed by atoms with van der Waals surface area (Å²) in [6, 6.07) is 12.4. The van der Waals surface area contributed by atoms with Crippen molar-refractivity contribution < 1.29 is 14.3 Å². The number of amides is 1. The van der Waals surface area contributed by atoms with E-state index in [0.29, 0.717) is 11.4 Å². The number of nitrogens with zero attached hydrogens (tertiary/aromatic N) is 3. The molecule has 3 rings (SSSR count). The lowest BCUT2D eigenvalue weighted by atomic mass is 10.3. The van der Waals surface area contributed by atoms with Gasteiger partial charge in [-0.05, 0) is 30.3 Å². The van der Waals surface area contributed by atoms with Crippen molar-refractivity contribution in [2.45, 2.75) is 0 Å².